The second-order valence-electron chi connectivity index (χ2n) is 3.95. The van der Waals surface area contributed by atoms with E-state index in [0.29, 0.717) is 10.2 Å². The predicted octanol–water partition coefficient (Wildman–Crippen LogP) is 0.940. The molecular weight excluding hydrogens is 298 g/mol. The molecule has 2 N–H and O–H groups in total. The maximum atomic E-state index is 11.9. The van der Waals surface area contributed by atoms with Gasteiger partial charge in [0, 0.05) is 29.5 Å². The van der Waals surface area contributed by atoms with Crippen molar-refractivity contribution < 1.29 is 0 Å². The van der Waals surface area contributed by atoms with E-state index in [-0.39, 0.29) is 17.8 Å². The van der Waals surface area contributed by atoms with Crippen molar-refractivity contribution >= 4 is 21.6 Å². The van der Waals surface area contributed by atoms with E-state index in [1.165, 1.54) is 21.4 Å². The second kappa shape index (κ2) is 4.81. The summed E-state index contributed by atoms with van der Waals surface area (Å²) >= 11 is 3.36. The molecule has 0 saturated heterocycles. The Morgan fingerprint density at radius 2 is 2.00 bits per heavy atom. The Kier molecular flexibility index (Phi) is 3.38. The molecule has 0 bridgehead atoms. The second-order valence-corrected chi connectivity index (χ2v) is 4.75. The van der Waals surface area contributed by atoms with Crippen LogP contribution in [0.1, 0.15) is 5.56 Å². The van der Waals surface area contributed by atoms with E-state index < -0.39 is 0 Å². The maximum absolute atomic E-state index is 11.9. The van der Waals surface area contributed by atoms with Crippen LogP contribution in [-0.2, 0) is 13.6 Å². The minimum atomic E-state index is -0.350. The van der Waals surface area contributed by atoms with Crippen molar-refractivity contribution in [3.05, 3.63) is 61.3 Å². The van der Waals surface area contributed by atoms with Crippen molar-refractivity contribution in [2.75, 3.05) is 5.73 Å². The van der Waals surface area contributed by atoms with Crippen LogP contribution in [0.2, 0.25) is 0 Å². The first-order valence-electron chi connectivity index (χ1n) is 5.30. The Labute approximate surface area is 112 Å². The zero-order valence-electron chi connectivity index (χ0n) is 9.76. The Morgan fingerprint density at radius 3 is 2.72 bits per heavy atom. The normalized spacial score (nSPS) is 10.6. The number of halogens is 1. The predicted molar refractivity (Wildman–Crippen MR) is 73.6 cm³/mol. The van der Waals surface area contributed by atoms with Gasteiger partial charge in [0.15, 0.2) is 0 Å². The van der Waals surface area contributed by atoms with Gasteiger partial charge in [-0.15, -0.1) is 0 Å². The molecule has 1 aromatic heterocycles. The summed E-state index contributed by atoms with van der Waals surface area (Å²) in [5.41, 5.74) is 6.46. The molecule has 18 heavy (non-hydrogen) atoms. The molecule has 0 unspecified atom stereocenters. The lowest BCUT2D eigenvalue weighted by Gasteiger charge is -2.09. The summed E-state index contributed by atoms with van der Waals surface area (Å²) in [6.07, 6.45) is 1.45. The molecule has 1 heterocycles. The van der Waals surface area contributed by atoms with E-state index in [9.17, 15) is 9.59 Å². The third-order valence-corrected chi connectivity index (χ3v) is 3.64. The Balaban J connectivity index is 2.53. The molecule has 0 aliphatic carbocycles. The van der Waals surface area contributed by atoms with Crippen LogP contribution in [0.3, 0.4) is 0 Å². The number of nitrogen functional groups attached to an aromatic ring is 1. The number of nitrogens with two attached hydrogens (primary N) is 1. The quantitative estimate of drug-likeness (QED) is 0.839. The number of aromatic nitrogens is 2. The van der Waals surface area contributed by atoms with Crippen LogP contribution in [0, 0.1) is 0 Å². The van der Waals surface area contributed by atoms with Crippen molar-refractivity contribution in [1.82, 2.24) is 9.13 Å². The van der Waals surface area contributed by atoms with Gasteiger partial charge in [-0.1, -0.05) is 12.1 Å². The first kappa shape index (κ1) is 12.6. The van der Waals surface area contributed by atoms with E-state index in [1.807, 2.05) is 6.07 Å². The Hall–Kier alpha value is -1.82. The molecule has 6 heteroatoms. The lowest BCUT2D eigenvalue weighted by Crippen LogP contribution is -2.38. The number of benzene rings is 1. The molecule has 0 saturated carbocycles. The van der Waals surface area contributed by atoms with Gasteiger partial charge in [-0.25, -0.2) is 4.79 Å². The van der Waals surface area contributed by atoms with Crippen LogP contribution in [0.15, 0.2) is 44.5 Å². The lowest BCUT2D eigenvalue weighted by atomic mass is 10.2. The fraction of sp³-hybridized carbons (Fsp3) is 0.167. The number of aryl methyl sites for hydroxylation is 1. The first-order valence-corrected chi connectivity index (χ1v) is 6.09. The Bertz CT molecular complexity index is 703. The molecule has 1 aromatic carbocycles. The fourth-order valence-electron chi connectivity index (χ4n) is 1.65. The van der Waals surface area contributed by atoms with E-state index in [2.05, 4.69) is 15.9 Å². The molecule has 2 aromatic rings. The first-order chi connectivity index (χ1) is 8.50. The highest BCUT2D eigenvalue weighted by Gasteiger charge is 2.08. The molecule has 0 amide bonds. The van der Waals surface area contributed by atoms with Gasteiger partial charge in [0.1, 0.15) is 0 Å². The SMILES string of the molecule is Cn1ccc(=O)n(Cc2cccc(N)c2Br)c1=O. The topological polar surface area (TPSA) is 70.0 Å². The van der Waals surface area contributed by atoms with Crippen molar-refractivity contribution in [2.24, 2.45) is 7.05 Å². The minimum Gasteiger partial charge on any atom is -0.398 e. The molecule has 0 radical (unpaired) electrons. The number of rotatable bonds is 2. The summed E-state index contributed by atoms with van der Waals surface area (Å²) in [6.45, 7) is 0.192. The molecule has 0 fully saturated rings. The van der Waals surface area contributed by atoms with Gasteiger partial charge in [0.25, 0.3) is 5.56 Å². The molecular formula is C12H12BrN3O2. The van der Waals surface area contributed by atoms with Gasteiger partial charge >= 0.3 is 5.69 Å². The zero-order chi connectivity index (χ0) is 13.3. The highest BCUT2D eigenvalue weighted by molar-refractivity contribution is 9.10. The largest absolute Gasteiger partial charge is 0.398 e. The fourth-order valence-corrected chi connectivity index (χ4v) is 2.04. The van der Waals surface area contributed by atoms with Gasteiger partial charge in [-0.05, 0) is 27.6 Å². The molecule has 0 atom stereocenters. The van der Waals surface area contributed by atoms with Crippen LogP contribution in [0.25, 0.3) is 0 Å². The molecule has 94 valence electrons. The van der Waals surface area contributed by atoms with Gasteiger partial charge < -0.3 is 10.3 Å². The summed E-state index contributed by atoms with van der Waals surface area (Å²) in [4.78, 5) is 23.6. The van der Waals surface area contributed by atoms with E-state index in [4.69, 9.17) is 5.73 Å². The van der Waals surface area contributed by atoms with Crippen molar-refractivity contribution in [1.29, 1.82) is 0 Å². The standard InChI is InChI=1S/C12H12BrN3O2/c1-15-6-5-10(17)16(12(15)18)7-8-3-2-4-9(14)11(8)13/h2-6H,7,14H2,1H3. The van der Waals surface area contributed by atoms with Crippen molar-refractivity contribution in [3.8, 4) is 0 Å². The van der Waals surface area contributed by atoms with Gasteiger partial charge in [-0.2, -0.15) is 0 Å². The van der Waals surface area contributed by atoms with Gasteiger partial charge in [0.2, 0.25) is 0 Å². The third kappa shape index (κ3) is 2.24. The maximum Gasteiger partial charge on any atom is 0.331 e. The third-order valence-electron chi connectivity index (χ3n) is 2.68. The molecule has 2 rings (SSSR count). The highest BCUT2D eigenvalue weighted by atomic mass is 79.9. The highest BCUT2D eigenvalue weighted by Crippen LogP contribution is 2.23. The van der Waals surface area contributed by atoms with Crippen molar-refractivity contribution in [2.45, 2.75) is 6.54 Å². The molecule has 0 aliphatic rings. The van der Waals surface area contributed by atoms with E-state index >= 15 is 0 Å². The summed E-state index contributed by atoms with van der Waals surface area (Å²) in [5.74, 6) is 0. The number of nitrogens with zero attached hydrogens (tertiary/aromatic N) is 2. The summed E-state index contributed by atoms with van der Waals surface area (Å²) in [7, 11) is 1.60. The number of hydrogen-bond acceptors (Lipinski definition) is 3. The van der Waals surface area contributed by atoms with E-state index in [0.717, 1.165) is 5.56 Å². The van der Waals surface area contributed by atoms with Crippen LogP contribution < -0.4 is 17.0 Å². The van der Waals surface area contributed by atoms with Gasteiger partial charge in [0.05, 0.1) is 6.54 Å². The smallest absolute Gasteiger partial charge is 0.331 e. The summed E-state index contributed by atoms with van der Waals surface area (Å²) in [6, 6.07) is 6.72. The monoisotopic (exact) mass is 309 g/mol. The van der Waals surface area contributed by atoms with Crippen LogP contribution in [-0.4, -0.2) is 9.13 Å². The van der Waals surface area contributed by atoms with Crippen molar-refractivity contribution in [3.63, 3.8) is 0 Å². The average Bonchev–Trinajstić information content (AvgIpc) is 2.35. The Morgan fingerprint density at radius 1 is 1.28 bits per heavy atom. The van der Waals surface area contributed by atoms with Crippen LogP contribution in [0.4, 0.5) is 5.69 Å². The number of hydrogen-bond donors (Lipinski definition) is 1. The van der Waals surface area contributed by atoms with Gasteiger partial charge in [-0.3, -0.25) is 9.36 Å². The van der Waals surface area contributed by atoms with Crippen LogP contribution in [0.5, 0.6) is 0 Å². The summed E-state index contributed by atoms with van der Waals surface area (Å²) < 4.78 is 3.24. The van der Waals surface area contributed by atoms with E-state index in [1.54, 1.807) is 19.2 Å². The average molecular weight is 310 g/mol. The zero-order valence-corrected chi connectivity index (χ0v) is 11.3. The molecule has 0 aliphatic heterocycles. The summed E-state index contributed by atoms with van der Waals surface area (Å²) in [5, 5.41) is 0. The molecule has 5 nitrogen and oxygen atoms in total. The number of anilines is 1. The van der Waals surface area contributed by atoms with Crippen LogP contribution >= 0.6 is 15.9 Å². The lowest BCUT2D eigenvalue weighted by molar-refractivity contribution is 0.638. The minimum absolute atomic E-state index is 0.192. The molecule has 0 spiro atoms.